The van der Waals surface area contributed by atoms with Gasteiger partial charge in [-0.05, 0) is 24.3 Å². The van der Waals surface area contributed by atoms with Crippen LogP contribution in [0.3, 0.4) is 0 Å². The summed E-state index contributed by atoms with van der Waals surface area (Å²) in [5.74, 6) is -0.464. The van der Waals surface area contributed by atoms with Crippen molar-refractivity contribution in [2.75, 3.05) is 5.32 Å². The van der Waals surface area contributed by atoms with Crippen LogP contribution in [0.2, 0.25) is 20.2 Å². The normalized spacial score (nSPS) is 10.3. The molecule has 0 radical (unpaired) electrons. The van der Waals surface area contributed by atoms with E-state index in [9.17, 15) is 4.79 Å². The number of amides is 1. The Balaban J connectivity index is 2.29. The molecule has 0 spiro atoms. The van der Waals surface area contributed by atoms with Crippen molar-refractivity contribution < 1.29 is 4.79 Å². The number of anilines is 1. The number of carbonyl (C=O) groups is 1. The van der Waals surface area contributed by atoms with E-state index in [0.29, 0.717) is 5.02 Å². The van der Waals surface area contributed by atoms with Gasteiger partial charge >= 0.3 is 0 Å². The number of rotatable bonds is 2. The molecule has 0 fully saturated rings. The molecule has 1 heterocycles. The number of pyridine rings is 1. The molecule has 0 atom stereocenters. The van der Waals surface area contributed by atoms with Crippen LogP contribution in [0.1, 0.15) is 10.5 Å². The zero-order valence-corrected chi connectivity index (χ0v) is 12.3. The van der Waals surface area contributed by atoms with Crippen molar-refractivity contribution in [3.8, 4) is 0 Å². The van der Waals surface area contributed by atoms with Crippen molar-refractivity contribution in [3.63, 3.8) is 0 Å². The highest BCUT2D eigenvalue weighted by Crippen LogP contribution is 2.33. The molecule has 98 valence electrons. The first kappa shape index (κ1) is 14.4. The van der Waals surface area contributed by atoms with Crippen LogP contribution in [-0.2, 0) is 0 Å². The van der Waals surface area contributed by atoms with Gasteiger partial charge in [-0.15, -0.1) is 0 Å². The SMILES string of the molecule is O=C(Nc1c(Cl)cc(Cl)cc1Cl)c1cccc(Cl)n1. The van der Waals surface area contributed by atoms with Crippen LogP contribution >= 0.6 is 46.4 Å². The maximum atomic E-state index is 12.0. The lowest BCUT2D eigenvalue weighted by Gasteiger charge is -2.09. The van der Waals surface area contributed by atoms with Gasteiger partial charge in [0.15, 0.2) is 0 Å². The van der Waals surface area contributed by atoms with Gasteiger partial charge in [0.05, 0.1) is 15.7 Å². The van der Waals surface area contributed by atoms with Crippen molar-refractivity contribution in [2.24, 2.45) is 0 Å². The molecule has 7 heteroatoms. The fourth-order valence-electron chi connectivity index (χ4n) is 1.37. The summed E-state index contributed by atoms with van der Waals surface area (Å²) in [6, 6.07) is 7.68. The maximum Gasteiger partial charge on any atom is 0.274 e. The molecule has 0 bridgehead atoms. The third-order valence-corrected chi connectivity index (χ3v) is 3.22. The average molecular weight is 336 g/mol. The molecule has 3 nitrogen and oxygen atoms in total. The number of halogens is 4. The quantitative estimate of drug-likeness (QED) is 0.789. The number of benzene rings is 1. The van der Waals surface area contributed by atoms with Crippen LogP contribution in [0.15, 0.2) is 30.3 Å². The predicted molar refractivity (Wildman–Crippen MR) is 78.7 cm³/mol. The fraction of sp³-hybridized carbons (Fsp3) is 0. The van der Waals surface area contributed by atoms with E-state index in [1.165, 1.54) is 18.2 Å². The van der Waals surface area contributed by atoms with Gasteiger partial charge in [0, 0.05) is 5.02 Å². The van der Waals surface area contributed by atoms with Crippen LogP contribution in [0.5, 0.6) is 0 Å². The molecule has 0 aliphatic carbocycles. The van der Waals surface area contributed by atoms with Crippen LogP contribution in [0.25, 0.3) is 0 Å². The Morgan fingerprint density at radius 1 is 1.05 bits per heavy atom. The molecule has 19 heavy (non-hydrogen) atoms. The lowest BCUT2D eigenvalue weighted by molar-refractivity contribution is 0.102. The molecule has 0 unspecified atom stereocenters. The van der Waals surface area contributed by atoms with E-state index in [2.05, 4.69) is 10.3 Å². The first-order valence-corrected chi connectivity index (χ1v) is 6.57. The van der Waals surface area contributed by atoms with Gasteiger partial charge in [-0.2, -0.15) is 0 Å². The first-order chi connectivity index (χ1) is 8.97. The van der Waals surface area contributed by atoms with Gasteiger partial charge in [0.1, 0.15) is 10.8 Å². The third kappa shape index (κ3) is 3.51. The van der Waals surface area contributed by atoms with E-state index in [1.807, 2.05) is 0 Å². The molecular weight excluding hydrogens is 330 g/mol. The van der Waals surface area contributed by atoms with Crippen LogP contribution < -0.4 is 5.32 Å². The summed E-state index contributed by atoms with van der Waals surface area (Å²) in [5, 5.41) is 3.66. The van der Waals surface area contributed by atoms with E-state index >= 15 is 0 Å². The van der Waals surface area contributed by atoms with E-state index in [1.54, 1.807) is 12.1 Å². The lowest BCUT2D eigenvalue weighted by atomic mass is 10.3. The molecular formula is C12H6Cl4N2O. The highest BCUT2D eigenvalue weighted by molar-refractivity contribution is 6.42. The zero-order valence-electron chi connectivity index (χ0n) is 9.25. The number of nitrogens with zero attached hydrogens (tertiary/aromatic N) is 1. The van der Waals surface area contributed by atoms with Gasteiger partial charge in [-0.3, -0.25) is 4.79 Å². The molecule has 1 N–H and O–H groups in total. The summed E-state index contributed by atoms with van der Waals surface area (Å²) < 4.78 is 0. The summed E-state index contributed by atoms with van der Waals surface area (Å²) >= 11 is 23.4. The van der Waals surface area contributed by atoms with Crippen molar-refractivity contribution in [3.05, 3.63) is 56.2 Å². The number of hydrogen-bond acceptors (Lipinski definition) is 2. The van der Waals surface area contributed by atoms with Gasteiger partial charge in [0.2, 0.25) is 0 Å². The molecule has 0 saturated carbocycles. The molecule has 1 aromatic heterocycles. The Bertz CT molecular complexity index is 622. The number of carbonyl (C=O) groups excluding carboxylic acids is 1. The standard InChI is InChI=1S/C12H6Cl4N2O/c13-6-4-7(14)11(8(15)5-6)18-12(19)9-2-1-3-10(16)17-9/h1-5H,(H,18,19). The summed E-state index contributed by atoms with van der Waals surface area (Å²) in [5.41, 5.74) is 0.439. The van der Waals surface area contributed by atoms with Gasteiger partial charge < -0.3 is 5.32 Å². The molecule has 0 aliphatic rings. The number of aromatic nitrogens is 1. The first-order valence-electron chi connectivity index (χ1n) is 5.06. The van der Waals surface area contributed by atoms with Crippen LogP contribution in [0, 0.1) is 0 Å². The van der Waals surface area contributed by atoms with Crippen molar-refractivity contribution in [1.29, 1.82) is 0 Å². The molecule has 2 aromatic rings. The highest BCUT2D eigenvalue weighted by Gasteiger charge is 2.13. The van der Waals surface area contributed by atoms with Gasteiger partial charge in [-0.1, -0.05) is 52.5 Å². The summed E-state index contributed by atoms with van der Waals surface area (Å²) in [6.07, 6.45) is 0. The van der Waals surface area contributed by atoms with Crippen LogP contribution in [0.4, 0.5) is 5.69 Å². The Kier molecular flexibility index (Phi) is 4.53. The molecule has 1 amide bonds. The van der Waals surface area contributed by atoms with Gasteiger partial charge in [0.25, 0.3) is 5.91 Å². The zero-order chi connectivity index (χ0) is 14.0. The second-order valence-corrected chi connectivity index (χ2v) is 5.18. The average Bonchev–Trinajstić information content (AvgIpc) is 2.33. The minimum atomic E-state index is -0.464. The van der Waals surface area contributed by atoms with E-state index in [4.69, 9.17) is 46.4 Å². The van der Waals surface area contributed by atoms with Crippen molar-refractivity contribution >= 4 is 58.0 Å². The van der Waals surface area contributed by atoms with E-state index < -0.39 is 5.91 Å². The fourth-order valence-corrected chi connectivity index (χ4v) is 2.45. The number of nitrogens with one attached hydrogen (secondary N) is 1. The third-order valence-electron chi connectivity index (χ3n) is 2.19. The topological polar surface area (TPSA) is 42.0 Å². The van der Waals surface area contributed by atoms with Crippen molar-refractivity contribution in [2.45, 2.75) is 0 Å². The minimum Gasteiger partial charge on any atom is -0.318 e. The second-order valence-electron chi connectivity index (χ2n) is 3.54. The highest BCUT2D eigenvalue weighted by atomic mass is 35.5. The lowest BCUT2D eigenvalue weighted by Crippen LogP contribution is -2.14. The molecule has 2 rings (SSSR count). The maximum absolute atomic E-state index is 12.0. The second kappa shape index (κ2) is 5.97. The Hall–Kier alpha value is -1.00. The Labute approximate surface area is 129 Å². The molecule has 0 aliphatic heterocycles. The smallest absolute Gasteiger partial charge is 0.274 e. The number of hydrogen-bond donors (Lipinski definition) is 1. The van der Waals surface area contributed by atoms with Crippen molar-refractivity contribution in [1.82, 2.24) is 4.98 Å². The van der Waals surface area contributed by atoms with E-state index in [0.717, 1.165) is 0 Å². The molecule has 1 aromatic carbocycles. The molecule has 0 saturated heterocycles. The van der Waals surface area contributed by atoms with Gasteiger partial charge in [-0.25, -0.2) is 4.98 Å². The minimum absolute atomic E-state index is 0.162. The summed E-state index contributed by atoms with van der Waals surface area (Å²) in [7, 11) is 0. The predicted octanol–water partition coefficient (Wildman–Crippen LogP) is 4.95. The monoisotopic (exact) mass is 334 g/mol. The Morgan fingerprint density at radius 2 is 1.68 bits per heavy atom. The summed E-state index contributed by atoms with van der Waals surface area (Å²) in [4.78, 5) is 15.9. The van der Waals surface area contributed by atoms with E-state index in [-0.39, 0.29) is 26.6 Å². The largest absolute Gasteiger partial charge is 0.318 e. The van der Waals surface area contributed by atoms with Crippen LogP contribution in [-0.4, -0.2) is 10.9 Å². The Morgan fingerprint density at radius 3 is 2.26 bits per heavy atom. The summed E-state index contributed by atoms with van der Waals surface area (Å²) in [6.45, 7) is 0.